The van der Waals surface area contributed by atoms with Crippen LogP contribution in [0.3, 0.4) is 0 Å². The molecule has 1 saturated heterocycles. The molecule has 3 rings (SSSR count). The Kier molecular flexibility index (Phi) is 7.65. The van der Waals surface area contributed by atoms with E-state index in [0.717, 1.165) is 31.7 Å². The topological polar surface area (TPSA) is 58.1 Å². The maximum absolute atomic E-state index is 10.2. The zero-order valence-corrected chi connectivity index (χ0v) is 16.9. The van der Waals surface area contributed by atoms with Crippen molar-refractivity contribution in [3.05, 3.63) is 53.9 Å². The van der Waals surface area contributed by atoms with Crippen molar-refractivity contribution in [2.45, 2.75) is 32.0 Å². The third-order valence-corrected chi connectivity index (χ3v) is 4.95. The van der Waals surface area contributed by atoms with Gasteiger partial charge in [0, 0.05) is 32.0 Å². The number of benzene rings is 1. The summed E-state index contributed by atoms with van der Waals surface area (Å²) in [7, 11) is 3.73. The summed E-state index contributed by atoms with van der Waals surface area (Å²) in [6, 6.07) is 10.0. The standard InChI is InChI=1S/C22H31N3O3/c1-24(15-19-6-5-9-23-13-19)14-18-7-8-21(22(12-18)27-2)28-17-20(26)16-25-10-3-4-11-25/h5-9,12-13,20,26H,3-4,10-11,14-17H2,1-2H3/t20-/m1/s1. The molecular formula is C22H31N3O3. The van der Waals surface area contributed by atoms with Gasteiger partial charge in [-0.2, -0.15) is 0 Å². The van der Waals surface area contributed by atoms with Crippen molar-refractivity contribution in [1.82, 2.24) is 14.8 Å². The smallest absolute Gasteiger partial charge is 0.161 e. The van der Waals surface area contributed by atoms with Gasteiger partial charge in [0.2, 0.25) is 0 Å². The number of methoxy groups -OCH3 is 1. The van der Waals surface area contributed by atoms with Crippen molar-refractivity contribution in [2.24, 2.45) is 0 Å². The summed E-state index contributed by atoms with van der Waals surface area (Å²) in [5.74, 6) is 1.36. The van der Waals surface area contributed by atoms with E-state index in [1.807, 2.05) is 30.5 Å². The molecule has 1 aromatic heterocycles. The number of pyridine rings is 1. The summed E-state index contributed by atoms with van der Waals surface area (Å²) in [5, 5.41) is 10.2. The Morgan fingerprint density at radius 2 is 1.93 bits per heavy atom. The molecule has 152 valence electrons. The molecule has 2 heterocycles. The van der Waals surface area contributed by atoms with Crippen LogP contribution in [0.15, 0.2) is 42.7 Å². The van der Waals surface area contributed by atoms with Gasteiger partial charge in [0.05, 0.1) is 7.11 Å². The van der Waals surface area contributed by atoms with Gasteiger partial charge >= 0.3 is 0 Å². The molecule has 0 amide bonds. The van der Waals surface area contributed by atoms with Gasteiger partial charge in [0.15, 0.2) is 11.5 Å². The van der Waals surface area contributed by atoms with Gasteiger partial charge in [-0.25, -0.2) is 0 Å². The number of hydrogen-bond donors (Lipinski definition) is 1. The summed E-state index contributed by atoms with van der Waals surface area (Å²) >= 11 is 0. The van der Waals surface area contributed by atoms with Crippen LogP contribution in [-0.4, -0.2) is 66.4 Å². The third-order valence-electron chi connectivity index (χ3n) is 4.95. The van der Waals surface area contributed by atoms with E-state index in [9.17, 15) is 5.11 Å². The number of likely N-dealkylation sites (tertiary alicyclic amines) is 1. The molecule has 0 bridgehead atoms. The number of aromatic nitrogens is 1. The molecule has 6 nitrogen and oxygen atoms in total. The maximum Gasteiger partial charge on any atom is 0.161 e. The third kappa shape index (κ3) is 6.19. The van der Waals surface area contributed by atoms with Gasteiger partial charge < -0.3 is 19.5 Å². The van der Waals surface area contributed by atoms with Crippen LogP contribution in [0.4, 0.5) is 0 Å². The van der Waals surface area contributed by atoms with Crippen molar-refractivity contribution in [3.8, 4) is 11.5 Å². The fourth-order valence-electron chi connectivity index (χ4n) is 3.60. The first-order valence-electron chi connectivity index (χ1n) is 9.91. The highest BCUT2D eigenvalue weighted by atomic mass is 16.5. The van der Waals surface area contributed by atoms with E-state index in [0.29, 0.717) is 18.0 Å². The Balaban J connectivity index is 1.52. The molecule has 0 aliphatic carbocycles. The lowest BCUT2D eigenvalue weighted by atomic mass is 10.1. The predicted molar refractivity (Wildman–Crippen MR) is 110 cm³/mol. The van der Waals surface area contributed by atoms with Crippen LogP contribution < -0.4 is 9.47 Å². The second-order valence-electron chi connectivity index (χ2n) is 7.49. The molecule has 0 spiro atoms. The molecule has 1 N–H and O–H groups in total. The van der Waals surface area contributed by atoms with E-state index in [2.05, 4.69) is 27.9 Å². The average Bonchev–Trinajstić information content (AvgIpc) is 3.20. The lowest BCUT2D eigenvalue weighted by Gasteiger charge is -2.21. The van der Waals surface area contributed by atoms with Crippen molar-refractivity contribution < 1.29 is 14.6 Å². The molecule has 2 aromatic rings. The highest BCUT2D eigenvalue weighted by Crippen LogP contribution is 2.29. The zero-order valence-electron chi connectivity index (χ0n) is 16.9. The number of ether oxygens (including phenoxy) is 2. The lowest BCUT2D eigenvalue weighted by Crippen LogP contribution is -2.33. The number of aliphatic hydroxyl groups is 1. The maximum atomic E-state index is 10.2. The van der Waals surface area contributed by atoms with E-state index >= 15 is 0 Å². The second-order valence-corrected chi connectivity index (χ2v) is 7.49. The van der Waals surface area contributed by atoms with Crippen molar-refractivity contribution >= 4 is 0 Å². The molecule has 1 fully saturated rings. The fraction of sp³-hybridized carbons (Fsp3) is 0.500. The molecule has 0 saturated carbocycles. The number of β-amino-alcohol motifs (C(OH)–C–C–N with tert-alkyl or cyclic N) is 1. The van der Waals surface area contributed by atoms with E-state index in [-0.39, 0.29) is 6.61 Å². The van der Waals surface area contributed by atoms with Gasteiger partial charge in [-0.1, -0.05) is 12.1 Å². The first-order chi connectivity index (χ1) is 13.6. The minimum Gasteiger partial charge on any atom is -0.493 e. The second kappa shape index (κ2) is 10.4. The normalized spacial score (nSPS) is 15.7. The van der Waals surface area contributed by atoms with E-state index in [4.69, 9.17) is 9.47 Å². The first-order valence-corrected chi connectivity index (χ1v) is 9.91. The number of hydrogen-bond acceptors (Lipinski definition) is 6. The van der Waals surface area contributed by atoms with Crippen LogP contribution >= 0.6 is 0 Å². The number of nitrogens with zero attached hydrogens (tertiary/aromatic N) is 3. The SMILES string of the molecule is COc1cc(CN(C)Cc2cccnc2)ccc1OC[C@H](O)CN1CCCC1. The molecule has 1 aliphatic heterocycles. The molecular weight excluding hydrogens is 354 g/mol. The van der Waals surface area contributed by atoms with E-state index in [1.165, 1.54) is 18.4 Å². The fourth-order valence-corrected chi connectivity index (χ4v) is 3.60. The van der Waals surface area contributed by atoms with Crippen LogP contribution in [-0.2, 0) is 13.1 Å². The first kappa shape index (κ1) is 20.6. The summed E-state index contributed by atoms with van der Waals surface area (Å²) in [6.45, 7) is 4.70. The van der Waals surface area contributed by atoms with Gasteiger partial charge in [0.25, 0.3) is 0 Å². The number of aliphatic hydroxyl groups excluding tert-OH is 1. The minimum absolute atomic E-state index is 0.271. The van der Waals surface area contributed by atoms with Gasteiger partial charge in [-0.05, 0) is 62.3 Å². The number of rotatable bonds is 10. The molecule has 6 heteroatoms. The molecule has 1 aromatic carbocycles. The monoisotopic (exact) mass is 385 g/mol. The Bertz CT molecular complexity index is 720. The van der Waals surface area contributed by atoms with Crippen molar-refractivity contribution in [2.75, 3.05) is 40.4 Å². The molecule has 1 atom stereocenters. The zero-order chi connectivity index (χ0) is 19.8. The van der Waals surface area contributed by atoms with Crippen LogP contribution in [0.5, 0.6) is 11.5 Å². The van der Waals surface area contributed by atoms with Gasteiger partial charge in [-0.3, -0.25) is 9.88 Å². The Labute approximate surface area is 167 Å². The van der Waals surface area contributed by atoms with Gasteiger partial charge in [0.1, 0.15) is 12.7 Å². The Morgan fingerprint density at radius 3 is 2.64 bits per heavy atom. The molecule has 28 heavy (non-hydrogen) atoms. The van der Waals surface area contributed by atoms with Crippen LogP contribution in [0, 0.1) is 0 Å². The van der Waals surface area contributed by atoms with Gasteiger partial charge in [-0.15, -0.1) is 0 Å². The molecule has 1 aliphatic rings. The minimum atomic E-state index is -0.493. The van der Waals surface area contributed by atoms with Crippen molar-refractivity contribution in [3.63, 3.8) is 0 Å². The van der Waals surface area contributed by atoms with Crippen molar-refractivity contribution in [1.29, 1.82) is 0 Å². The highest BCUT2D eigenvalue weighted by molar-refractivity contribution is 5.43. The molecule has 0 unspecified atom stereocenters. The van der Waals surface area contributed by atoms with E-state index in [1.54, 1.807) is 13.3 Å². The summed E-state index contributed by atoms with van der Waals surface area (Å²) in [4.78, 5) is 8.68. The highest BCUT2D eigenvalue weighted by Gasteiger charge is 2.17. The Hall–Kier alpha value is -2.15. The Morgan fingerprint density at radius 1 is 1.14 bits per heavy atom. The van der Waals surface area contributed by atoms with Crippen LogP contribution in [0.25, 0.3) is 0 Å². The average molecular weight is 386 g/mol. The summed E-state index contributed by atoms with van der Waals surface area (Å²) in [6.07, 6.45) is 5.63. The van der Waals surface area contributed by atoms with Crippen LogP contribution in [0.2, 0.25) is 0 Å². The quantitative estimate of drug-likeness (QED) is 0.678. The summed E-state index contributed by atoms with van der Waals surface area (Å²) in [5.41, 5.74) is 2.33. The largest absolute Gasteiger partial charge is 0.493 e. The lowest BCUT2D eigenvalue weighted by molar-refractivity contribution is 0.0747. The summed E-state index contributed by atoms with van der Waals surface area (Å²) < 4.78 is 11.3. The van der Waals surface area contributed by atoms with Crippen LogP contribution in [0.1, 0.15) is 24.0 Å². The molecule has 0 radical (unpaired) electrons. The predicted octanol–water partition coefficient (Wildman–Crippen LogP) is 2.56. The van der Waals surface area contributed by atoms with E-state index < -0.39 is 6.10 Å².